The maximum absolute atomic E-state index is 13.9. The van der Waals surface area contributed by atoms with Crippen molar-refractivity contribution in [3.05, 3.63) is 58.4 Å². The van der Waals surface area contributed by atoms with Crippen LogP contribution in [0.5, 0.6) is 11.5 Å². The zero-order valence-corrected chi connectivity index (χ0v) is 12.0. The highest BCUT2D eigenvalue weighted by Gasteiger charge is 2.09. The van der Waals surface area contributed by atoms with Gasteiger partial charge in [-0.2, -0.15) is 0 Å². The van der Waals surface area contributed by atoms with E-state index in [1.807, 2.05) is 26.8 Å². The molecule has 2 rings (SSSR count). The molecular formula is C16H16ClFO. The zero-order chi connectivity index (χ0) is 14.0. The molecule has 19 heavy (non-hydrogen) atoms. The average molecular weight is 279 g/mol. The van der Waals surface area contributed by atoms with Crippen molar-refractivity contribution in [3.8, 4) is 11.5 Å². The Morgan fingerprint density at radius 2 is 1.79 bits per heavy atom. The van der Waals surface area contributed by atoms with Crippen molar-refractivity contribution < 1.29 is 9.13 Å². The van der Waals surface area contributed by atoms with Gasteiger partial charge in [-0.15, -0.1) is 11.6 Å². The molecule has 0 amide bonds. The van der Waals surface area contributed by atoms with Gasteiger partial charge in [0.1, 0.15) is 5.75 Å². The summed E-state index contributed by atoms with van der Waals surface area (Å²) in [6, 6.07) is 8.78. The largest absolute Gasteiger partial charge is 0.454 e. The van der Waals surface area contributed by atoms with E-state index in [2.05, 4.69) is 6.07 Å². The van der Waals surface area contributed by atoms with Crippen LogP contribution in [0.2, 0.25) is 0 Å². The third kappa shape index (κ3) is 3.07. The SMILES string of the molecule is Cc1cc(C)c(C)c(Oc2ccc(CCl)cc2F)c1. The van der Waals surface area contributed by atoms with Crippen molar-refractivity contribution in [1.82, 2.24) is 0 Å². The van der Waals surface area contributed by atoms with E-state index in [0.717, 1.165) is 22.3 Å². The Hall–Kier alpha value is -1.54. The van der Waals surface area contributed by atoms with Crippen LogP contribution in [0.1, 0.15) is 22.3 Å². The summed E-state index contributed by atoms with van der Waals surface area (Å²) in [5.41, 5.74) is 3.98. The maximum Gasteiger partial charge on any atom is 0.166 e. The zero-order valence-electron chi connectivity index (χ0n) is 11.3. The van der Waals surface area contributed by atoms with Gasteiger partial charge in [0.2, 0.25) is 0 Å². The van der Waals surface area contributed by atoms with Crippen LogP contribution >= 0.6 is 11.6 Å². The van der Waals surface area contributed by atoms with Gasteiger partial charge in [0.25, 0.3) is 0 Å². The Morgan fingerprint density at radius 1 is 1.05 bits per heavy atom. The van der Waals surface area contributed by atoms with Crippen LogP contribution in [0.4, 0.5) is 4.39 Å². The van der Waals surface area contributed by atoms with Crippen LogP contribution in [0, 0.1) is 26.6 Å². The number of rotatable bonds is 3. The molecule has 0 fully saturated rings. The van der Waals surface area contributed by atoms with E-state index in [-0.39, 0.29) is 5.75 Å². The number of hydrogen-bond donors (Lipinski definition) is 0. The molecule has 0 aliphatic rings. The lowest BCUT2D eigenvalue weighted by Gasteiger charge is -2.13. The lowest BCUT2D eigenvalue weighted by Crippen LogP contribution is -1.94. The molecule has 0 aliphatic heterocycles. The smallest absolute Gasteiger partial charge is 0.166 e. The number of alkyl halides is 1. The number of halogens is 2. The first-order chi connectivity index (χ1) is 9.01. The Bertz CT molecular complexity index is 608. The lowest BCUT2D eigenvalue weighted by molar-refractivity contribution is 0.438. The number of benzene rings is 2. The van der Waals surface area contributed by atoms with Gasteiger partial charge in [-0.3, -0.25) is 0 Å². The maximum atomic E-state index is 13.9. The van der Waals surface area contributed by atoms with E-state index < -0.39 is 5.82 Å². The summed E-state index contributed by atoms with van der Waals surface area (Å²) in [6.45, 7) is 5.98. The molecule has 0 saturated carbocycles. The van der Waals surface area contributed by atoms with E-state index >= 15 is 0 Å². The molecule has 0 aromatic heterocycles. The number of ether oxygens (including phenoxy) is 1. The molecule has 0 heterocycles. The third-order valence-electron chi connectivity index (χ3n) is 3.13. The predicted molar refractivity (Wildman–Crippen MR) is 76.7 cm³/mol. The molecule has 0 bridgehead atoms. The molecule has 0 atom stereocenters. The van der Waals surface area contributed by atoms with Crippen LogP contribution in [0.25, 0.3) is 0 Å². The van der Waals surface area contributed by atoms with Crippen molar-refractivity contribution in [2.45, 2.75) is 26.7 Å². The first-order valence-corrected chi connectivity index (χ1v) is 6.65. The Balaban J connectivity index is 2.36. The molecule has 0 saturated heterocycles. The highest BCUT2D eigenvalue weighted by Crippen LogP contribution is 2.30. The molecule has 0 radical (unpaired) electrons. The summed E-state index contributed by atoms with van der Waals surface area (Å²) in [6.07, 6.45) is 0. The van der Waals surface area contributed by atoms with Gasteiger partial charge in [0.15, 0.2) is 11.6 Å². The van der Waals surface area contributed by atoms with Gasteiger partial charge in [-0.1, -0.05) is 12.1 Å². The average Bonchev–Trinajstić information content (AvgIpc) is 2.37. The topological polar surface area (TPSA) is 9.23 Å². The summed E-state index contributed by atoms with van der Waals surface area (Å²) >= 11 is 5.67. The summed E-state index contributed by atoms with van der Waals surface area (Å²) in [5.74, 6) is 0.813. The highest BCUT2D eigenvalue weighted by molar-refractivity contribution is 6.17. The van der Waals surface area contributed by atoms with Gasteiger partial charge in [0, 0.05) is 5.88 Å². The fourth-order valence-electron chi connectivity index (χ4n) is 1.94. The van der Waals surface area contributed by atoms with Gasteiger partial charge in [-0.05, 0) is 61.2 Å². The lowest BCUT2D eigenvalue weighted by atomic mass is 10.1. The third-order valence-corrected chi connectivity index (χ3v) is 3.44. The first kappa shape index (κ1) is 13.9. The van der Waals surface area contributed by atoms with E-state index in [1.54, 1.807) is 12.1 Å². The normalized spacial score (nSPS) is 10.6. The minimum absolute atomic E-state index is 0.224. The van der Waals surface area contributed by atoms with Crippen LogP contribution in [0.15, 0.2) is 30.3 Å². The first-order valence-electron chi connectivity index (χ1n) is 6.11. The molecule has 1 nitrogen and oxygen atoms in total. The van der Waals surface area contributed by atoms with E-state index in [1.165, 1.54) is 6.07 Å². The van der Waals surface area contributed by atoms with Crippen molar-refractivity contribution in [2.24, 2.45) is 0 Å². The van der Waals surface area contributed by atoms with Crippen molar-refractivity contribution in [2.75, 3.05) is 0 Å². The molecule has 0 N–H and O–H groups in total. The second kappa shape index (κ2) is 5.62. The predicted octanol–water partition coefficient (Wildman–Crippen LogP) is 5.28. The fourth-order valence-corrected chi connectivity index (χ4v) is 2.10. The van der Waals surface area contributed by atoms with Crippen LogP contribution < -0.4 is 4.74 Å². The number of hydrogen-bond acceptors (Lipinski definition) is 1. The molecule has 0 unspecified atom stereocenters. The Kier molecular flexibility index (Phi) is 4.11. The number of aryl methyl sites for hydroxylation is 2. The Morgan fingerprint density at radius 3 is 2.42 bits per heavy atom. The van der Waals surface area contributed by atoms with Crippen molar-refractivity contribution in [3.63, 3.8) is 0 Å². The molecule has 0 aliphatic carbocycles. The van der Waals surface area contributed by atoms with Gasteiger partial charge >= 0.3 is 0 Å². The summed E-state index contributed by atoms with van der Waals surface area (Å²) in [5, 5.41) is 0. The van der Waals surface area contributed by atoms with Crippen LogP contribution in [-0.4, -0.2) is 0 Å². The minimum atomic E-state index is -0.392. The molecule has 0 spiro atoms. The van der Waals surface area contributed by atoms with Gasteiger partial charge < -0.3 is 4.74 Å². The standard InChI is InChI=1S/C16H16ClFO/c1-10-6-11(2)12(3)16(7-10)19-15-5-4-13(9-17)8-14(15)18/h4-8H,9H2,1-3H3. The van der Waals surface area contributed by atoms with Crippen LogP contribution in [0.3, 0.4) is 0 Å². The fraction of sp³-hybridized carbons (Fsp3) is 0.250. The van der Waals surface area contributed by atoms with Gasteiger partial charge in [0.05, 0.1) is 0 Å². The minimum Gasteiger partial charge on any atom is -0.454 e. The second-order valence-electron chi connectivity index (χ2n) is 4.71. The van der Waals surface area contributed by atoms with E-state index in [4.69, 9.17) is 16.3 Å². The summed E-state index contributed by atoms with van der Waals surface area (Å²) < 4.78 is 19.6. The summed E-state index contributed by atoms with van der Waals surface area (Å²) in [7, 11) is 0. The van der Waals surface area contributed by atoms with Crippen LogP contribution in [-0.2, 0) is 5.88 Å². The van der Waals surface area contributed by atoms with Crippen molar-refractivity contribution in [1.29, 1.82) is 0 Å². The Labute approximate surface area is 118 Å². The van der Waals surface area contributed by atoms with E-state index in [0.29, 0.717) is 11.6 Å². The molecule has 2 aromatic carbocycles. The molecule has 3 heteroatoms. The molecule has 2 aromatic rings. The van der Waals surface area contributed by atoms with E-state index in [9.17, 15) is 4.39 Å². The highest BCUT2D eigenvalue weighted by atomic mass is 35.5. The van der Waals surface area contributed by atoms with Crippen molar-refractivity contribution >= 4 is 11.6 Å². The summed E-state index contributed by atoms with van der Waals surface area (Å²) in [4.78, 5) is 0. The van der Waals surface area contributed by atoms with Gasteiger partial charge in [-0.25, -0.2) is 4.39 Å². The quantitative estimate of drug-likeness (QED) is 0.694. The monoisotopic (exact) mass is 278 g/mol. The second-order valence-corrected chi connectivity index (χ2v) is 4.97. The molecular weight excluding hydrogens is 263 g/mol. The molecule has 100 valence electrons.